The highest BCUT2D eigenvalue weighted by molar-refractivity contribution is 7.16. The van der Waals surface area contributed by atoms with Gasteiger partial charge in [-0.1, -0.05) is 12.1 Å². The maximum Gasteiger partial charge on any atom is 0.291 e. The summed E-state index contributed by atoms with van der Waals surface area (Å²) in [7, 11) is 0. The first kappa shape index (κ1) is 20.7. The molecule has 0 bridgehead atoms. The molecule has 30 heavy (non-hydrogen) atoms. The summed E-state index contributed by atoms with van der Waals surface area (Å²) in [4.78, 5) is 16.2. The number of carbonyl (C=O) groups excluding carboxylic acids is 1. The van der Waals surface area contributed by atoms with Crippen molar-refractivity contribution in [2.45, 2.75) is 19.9 Å². The Kier molecular flexibility index (Phi) is 6.52. The van der Waals surface area contributed by atoms with E-state index < -0.39 is 0 Å². The molecule has 158 valence electrons. The van der Waals surface area contributed by atoms with Crippen LogP contribution >= 0.6 is 11.3 Å². The number of morpholine rings is 1. The molecule has 0 saturated carbocycles. The number of hydrogen-bond acceptors (Lipinski definition) is 6. The van der Waals surface area contributed by atoms with E-state index >= 15 is 0 Å². The Labute approximate surface area is 180 Å². The van der Waals surface area contributed by atoms with Crippen molar-refractivity contribution in [1.82, 2.24) is 4.90 Å². The largest absolute Gasteiger partial charge is 0.494 e. The van der Waals surface area contributed by atoms with Crippen molar-refractivity contribution in [2.24, 2.45) is 0 Å². The van der Waals surface area contributed by atoms with Crippen molar-refractivity contribution >= 4 is 22.2 Å². The van der Waals surface area contributed by atoms with Crippen LogP contribution in [0.25, 0.3) is 0 Å². The monoisotopic (exact) mass is 426 g/mol. The summed E-state index contributed by atoms with van der Waals surface area (Å²) in [5.41, 5.74) is 2.25. The van der Waals surface area contributed by atoms with E-state index in [-0.39, 0.29) is 11.9 Å². The highest BCUT2D eigenvalue weighted by Gasteiger charge is 2.28. The SMILES string of the molecule is CCOc1ccc([C@H](c2cc(C)sc2NC(=O)c2ccco2)N2CCOCC2)cc1. The highest BCUT2D eigenvalue weighted by atomic mass is 32.1. The number of hydrogen-bond donors (Lipinski definition) is 1. The lowest BCUT2D eigenvalue weighted by atomic mass is 9.97. The normalized spacial score (nSPS) is 15.7. The van der Waals surface area contributed by atoms with Crippen LogP contribution in [0.5, 0.6) is 5.75 Å². The number of thiophene rings is 1. The van der Waals surface area contributed by atoms with E-state index in [4.69, 9.17) is 13.9 Å². The van der Waals surface area contributed by atoms with Crippen LogP contribution in [0.15, 0.2) is 53.1 Å². The van der Waals surface area contributed by atoms with E-state index in [0.29, 0.717) is 25.6 Å². The van der Waals surface area contributed by atoms with Gasteiger partial charge in [0.25, 0.3) is 5.91 Å². The number of furan rings is 1. The Hall–Kier alpha value is -2.61. The minimum Gasteiger partial charge on any atom is -0.494 e. The molecule has 1 aliphatic rings. The number of nitrogens with zero attached hydrogens (tertiary/aromatic N) is 1. The summed E-state index contributed by atoms with van der Waals surface area (Å²) in [6, 6.07) is 13.8. The van der Waals surface area contributed by atoms with Gasteiger partial charge in [0.15, 0.2) is 5.76 Å². The zero-order valence-electron chi connectivity index (χ0n) is 17.2. The molecule has 6 nitrogen and oxygen atoms in total. The second kappa shape index (κ2) is 9.47. The number of ether oxygens (including phenoxy) is 2. The molecular weight excluding hydrogens is 400 g/mol. The van der Waals surface area contributed by atoms with E-state index in [9.17, 15) is 4.79 Å². The number of nitrogens with one attached hydrogen (secondary N) is 1. The number of aryl methyl sites for hydroxylation is 1. The van der Waals surface area contributed by atoms with Crippen molar-refractivity contribution < 1.29 is 18.7 Å². The third-order valence-electron chi connectivity index (χ3n) is 5.07. The van der Waals surface area contributed by atoms with Crippen molar-refractivity contribution in [3.63, 3.8) is 0 Å². The van der Waals surface area contributed by atoms with Gasteiger partial charge in [-0.2, -0.15) is 0 Å². The molecule has 1 atom stereocenters. The fraction of sp³-hybridized carbons (Fsp3) is 0.348. The van der Waals surface area contributed by atoms with Gasteiger partial charge < -0.3 is 19.2 Å². The molecule has 1 N–H and O–H groups in total. The Morgan fingerprint density at radius 1 is 1.23 bits per heavy atom. The zero-order chi connectivity index (χ0) is 20.9. The van der Waals surface area contributed by atoms with Gasteiger partial charge in [-0.15, -0.1) is 11.3 Å². The second-order valence-corrected chi connectivity index (χ2v) is 8.38. The topological polar surface area (TPSA) is 63.9 Å². The van der Waals surface area contributed by atoms with Crippen LogP contribution in [0, 0.1) is 6.92 Å². The number of anilines is 1. The fourth-order valence-corrected chi connectivity index (χ4v) is 4.68. The summed E-state index contributed by atoms with van der Waals surface area (Å²) in [6.45, 7) is 7.74. The minimum absolute atomic E-state index is 0.0152. The first-order valence-corrected chi connectivity index (χ1v) is 11.0. The smallest absolute Gasteiger partial charge is 0.291 e. The van der Waals surface area contributed by atoms with Crippen LogP contribution < -0.4 is 10.1 Å². The fourth-order valence-electron chi connectivity index (χ4n) is 3.74. The van der Waals surface area contributed by atoms with E-state index in [2.05, 4.69) is 35.3 Å². The Bertz CT molecular complexity index is 960. The molecule has 0 radical (unpaired) electrons. The van der Waals surface area contributed by atoms with Gasteiger partial charge in [0.1, 0.15) is 10.8 Å². The molecule has 1 fully saturated rings. The number of benzene rings is 1. The van der Waals surface area contributed by atoms with E-state index in [1.54, 1.807) is 23.5 Å². The minimum atomic E-state index is -0.240. The molecule has 1 amide bonds. The maximum atomic E-state index is 12.6. The van der Waals surface area contributed by atoms with Crippen LogP contribution in [-0.4, -0.2) is 43.7 Å². The predicted octanol–water partition coefficient (Wildman–Crippen LogP) is 4.72. The average Bonchev–Trinajstić information content (AvgIpc) is 3.41. The summed E-state index contributed by atoms with van der Waals surface area (Å²) < 4.78 is 16.5. The quantitative estimate of drug-likeness (QED) is 0.592. The summed E-state index contributed by atoms with van der Waals surface area (Å²) >= 11 is 1.58. The third-order valence-corrected chi connectivity index (χ3v) is 6.05. The summed E-state index contributed by atoms with van der Waals surface area (Å²) in [5, 5.41) is 3.90. The van der Waals surface area contributed by atoms with Crippen molar-refractivity contribution in [3.05, 3.63) is 70.5 Å². The zero-order valence-corrected chi connectivity index (χ0v) is 18.0. The molecule has 2 aromatic heterocycles. The number of amides is 1. The van der Waals surface area contributed by atoms with E-state index in [1.807, 2.05) is 19.1 Å². The summed E-state index contributed by atoms with van der Waals surface area (Å²) in [6.07, 6.45) is 1.51. The Balaban J connectivity index is 1.69. The number of rotatable bonds is 7. The van der Waals surface area contributed by atoms with Crippen molar-refractivity contribution in [3.8, 4) is 5.75 Å². The second-order valence-electron chi connectivity index (χ2n) is 7.13. The molecule has 1 saturated heterocycles. The standard InChI is InChI=1S/C23H26N2O4S/c1-3-28-18-8-6-17(7-9-18)21(25-10-13-27-14-11-25)19-15-16(2)30-23(19)24-22(26)20-5-4-12-29-20/h4-9,12,15,21H,3,10-11,13-14H2,1-2H3,(H,24,26)/t21-/m1/s1. The molecule has 0 aliphatic carbocycles. The number of carbonyl (C=O) groups is 1. The molecule has 1 aromatic carbocycles. The molecular formula is C23H26N2O4S. The van der Waals surface area contributed by atoms with E-state index in [1.165, 1.54) is 6.26 Å². The van der Waals surface area contributed by atoms with Gasteiger partial charge in [-0.25, -0.2) is 0 Å². The van der Waals surface area contributed by atoms with Gasteiger partial charge in [-0.3, -0.25) is 9.69 Å². The van der Waals surface area contributed by atoms with Crippen LogP contribution in [0.2, 0.25) is 0 Å². The molecule has 0 unspecified atom stereocenters. The predicted molar refractivity (Wildman–Crippen MR) is 118 cm³/mol. The van der Waals surface area contributed by atoms with Crippen LogP contribution in [0.1, 0.15) is 39.5 Å². The van der Waals surface area contributed by atoms with Gasteiger partial charge in [-0.05, 0) is 49.7 Å². The van der Waals surface area contributed by atoms with Crippen LogP contribution in [0.4, 0.5) is 5.00 Å². The van der Waals surface area contributed by atoms with Gasteiger partial charge >= 0.3 is 0 Å². The lowest BCUT2D eigenvalue weighted by Gasteiger charge is -2.35. The first-order valence-electron chi connectivity index (χ1n) is 10.2. The van der Waals surface area contributed by atoms with Crippen LogP contribution in [-0.2, 0) is 4.74 Å². The van der Waals surface area contributed by atoms with Crippen LogP contribution in [0.3, 0.4) is 0 Å². The Morgan fingerprint density at radius 2 is 2.00 bits per heavy atom. The maximum absolute atomic E-state index is 12.6. The molecule has 0 spiro atoms. The first-order chi connectivity index (χ1) is 14.7. The van der Waals surface area contributed by atoms with Crippen molar-refractivity contribution in [2.75, 3.05) is 38.2 Å². The lowest BCUT2D eigenvalue weighted by molar-refractivity contribution is 0.0241. The Morgan fingerprint density at radius 3 is 2.67 bits per heavy atom. The van der Waals surface area contributed by atoms with Gasteiger partial charge in [0.05, 0.1) is 32.1 Å². The average molecular weight is 427 g/mol. The molecule has 1 aliphatic heterocycles. The van der Waals surface area contributed by atoms with Crippen molar-refractivity contribution in [1.29, 1.82) is 0 Å². The van der Waals surface area contributed by atoms with E-state index in [0.717, 1.165) is 39.8 Å². The summed E-state index contributed by atoms with van der Waals surface area (Å²) in [5.74, 6) is 0.918. The molecule has 7 heteroatoms. The molecule has 3 aromatic rings. The van der Waals surface area contributed by atoms with Gasteiger partial charge in [0, 0.05) is 23.5 Å². The molecule has 4 rings (SSSR count). The van der Waals surface area contributed by atoms with Gasteiger partial charge in [0.2, 0.25) is 0 Å². The third kappa shape index (κ3) is 4.59. The highest BCUT2D eigenvalue weighted by Crippen LogP contribution is 2.39. The molecule has 3 heterocycles. The lowest BCUT2D eigenvalue weighted by Crippen LogP contribution is -2.39.